The lowest BCUT2D eigenvalue weighted by Crippen LogP contribution is -2.63. The fourth-order valence-electron chi connectivity index (χ4n) is 6.34. The molecule has 1 saturated carbocycles. The third-order valence-corrected chi connectivity index (χ3v) is 7.83. The maximum Gasteiger partial charge on any atom is 0.346 e. The number of hydrogen-bond acceptors (Lipinski definition) is 7. The van der Waals surface area contributed by atoms with Crippen LogP contribution in [0.3, 0.4) is 0 Å². The molecule has 0 aromatic heterocycles. The summed E-state index contributed by atoms with van der Waals surface area (Å²) in [6.45, 7) is 0. The normalized spacial score (nSPS) is 32.9. The largest absolute Gasteiger partial charge is 0.467 e. The van der Waals surface area contributed by atoms with Gasteiger partial charge in [-0.2, -0.15) is 0 Å². The van der Waals surface area contributed by atoms with Crippen LogP contribution in [0.2, 0.25) is 0 Å². The van der Waals surface area contributed by atoms with Crippen LogP contribution in [-0.2, 0) is 28.7 Å². The van der Waals surface area contributed by atoms with Crippen LogP contribution in [0, 0.1) is 17.3 Å². The summed E-state index contributed by atoms with van der Waals surface area (Å²) >= 11 is 0. The van der Waals surface area contributed by atoms with Gasteiger partial charge >= 0.3 is 5.97 Å². The number of benzene rings is 2. The number of Topliss-reactive ketones (excluding diaryl/α,β-unsaturated/α-hetero) is 1. The highest BCUT2D eigenvalue weighted by atomic mass is 16.6. The Bertz CT molecular complexity index is 1210. The number of fused-ring (bicyclic) bond motifs is 6. The van der Waals surface area contributed by atoms with Crippen molar-refractivity contribution < 1.29 is 28.7 Å². The maximum absolute atomic E-state index is 13.9. The molecule has 33 heavy (non-hydrogen) atoms. The molecule has 3 aliphatic heterocycles. The first-order chi connectivity index (χ1) is 15.9. The number of anilines is 2. The van der Waals surface area contributed by atoms with Gasteiger partial charge in [-0.05, 0) is 37.1 Å². The van der Waals surface area contributed by atoms with Gasteiger partial charge in [0.1, 0.15) is 11.8 Å². The number of rotatable bonds is 4. The minimum Gasteiger partial charge on any atom is -0.467 e. The van der Waals surface area contributed by atoms with Crippen molar-refractivity contribution in [2.24, 2.45) is 17.3 Å². The Hall–Kier alpha value is -3.52. The zero-order valence-corrected chi connectivity index (χ0v) is 18.2. The van der Waals surface area contributed by atoms with E-state index in [1.165, 1.54) is 0 Å². The lowest BCUT2D eigenvalue weighted by molar-refractivity contribution is -0.174. The Morgan fingerprint density at radius 1 is 0.970 bits per heavy atom. The molecule has 168 valence electrons. The molecule has 1 aliphatic carbocycles. The van der Waals surface area contributed by atoms with Crippen LogP contribution in [-0.4, -0.2) is 49.1 Å². The van der Waals surface area contributed by atoms with Crippen molar-refractivity contribution in [1.29, 1.82) is 0 Å². The van der Waals surface area contributed by atoms with Crippen molar-refractivity contribution in [2.75, 3.05) is 24.0 Å². The van der Waals surface area contributed by atoms with Crippen LogP contribution in [0.1, 0.15) is 12.8 Å². The molecule has 2 aromatic rings. The molecule has 6 rings (SSSR count). The van der Waals surface area contributed by atoms with Gasteiger partial charge in [0.05, 0.1) is 18.2 Å². The number of imide groups is 1. The van der Waals surface area contributed by atoms with Crippen LogP contribution in [0.25, 0.3) is 0 Å². The van der Waals surface area contributed by atoms with Crippen molar-refractivity contribution in [3.63, 3.8) is 0 Å². The van der Waals surface area contributed by atoms with Gasteiger partial charge in [-0.3, -0.25) is 14.4 Å². The van der Waals surface area contributed by atoms with E-state index >= 15 is 0 Å². The van der Waals surface area contributed by atoms with Crippen LogP contribution in [0.5, 0.6) is 0 Å². The number of carbonyl (C=O) groups excluding carboxylic acids is 4. The van der Waals surface area contributed by atoms with Gasteiger partial charge in [0, 0.05) is 12.7 Å². The van der Waals surface area contributed by atoms with Crippen LogP contribution in [0.4, 0.5) is 11.4 Å². The second kappa shape index (κ2) is 6.29. The molecule has 0 unspecified atom stereocenters. The molecular formula is C25H22N2O6. The summed E-state index contributed by atoms with van der Waals surface area (Å²) in [4.78, 5) is 57.7. The molecule has 0 N–H and O–H groups in total. The number of methoxy groups -OCH3 is 1. The van der Waals surface area contributed by atoms with Gasteiger partial charge in [0.2, 0.25) is 17.4 Å². The van der Waals surface area contributed by atoms with E-state index in [-0.39, 0.29) is 0 Å². The fraction of sp³-hybridized carbons (Fsp3) is 0.360. The summed E-state index contributed by atoms with van der Waals surface area (Å²) in [5, 5.41) is 0. The summed E-state index contributed by atoms with van der Waals surface area (Å²) in [6.07, 6.45) is 0.940. The van der Waals surface area contributed by atoms with E-state index in [9.17, 15) is 19.2 Å². The Balaban J connectivity index is 1.60. The molecule has 3 heterocycles. The number of hydrogen-bond donors (Lipinski definition) is 0. The van der Waals surface area contributed by atoms with Gasteiger partial charge in [0.25, 0.3) is 0 Å². The summed E-state index contributed by atoms with van der Waals surface area (Å²) < 4.78 is 11.5. The molecule has 3 saturated heterocycles. The second-order valence-corrected chi connectivity index (χ2v) is 9.13. The molecule has 4 atom stereocenters. The lowest BCUT2D eigenvalue weighted by Gasteiger charge is -2.45. The second-order valence-electron chi connectivity index (χ2n) is 9.13. The zero-order chi connectivity index (χ0) is 23.2. The fourth-order valence-corrected chi connectivity index (χ4v) is 6.34. The third-order valence-electron chi connectivity index (χ3n) is 7.83. The lowest BCUT2D eigenvalue weighted by atomic mass is 9.62. The minimum atomic E-state index is -2.14. The van der Waals surface area contributed by atoms with Gasteiger partial charge < -0.3 is 14.4 Å². The van der Waals surface area contributed by atoms with Crippen LogP contribution in [0.15, 0.2) is 60.7 Å². The summed E-state index contributed by atoms with van der Waals surface area (Å²) in [5.74, 6) is -4.79. The van der Waals surface area contributed by atoms with Crippen molar-refractivity contribution in [3.05, 3.63) is 60.7 Å². The molecule has 4 aliphatic rings. The van der Waals surface area contributed by atoms with Gasteiger partial charge in [-0.25, -0.2) is 9.69 Å². The molecule has 4 fully saturated rings. The predicted molar refractivity (Wildman–Crippen MR) is 116 cm³/mol. The molecule has 2 amide bonds. The minimum absolute atomic E-state index is 0.399. The van der Waals surface area contributed by atoms with Gasteiger partial charge in [-0.15, -0.1) is 0 Å². The quantitative estimate of drug-likeness (QED) is 0.403. The predicted octanol–water partition coefficient (Wildman–Crippen LogP) is 1.93. The average molecular weight is 446 g/mol. The Morgan fingerprint density at radius 3 is 2.12 bits per heavy atom. The van der Waals surface area contributed by atoms with Crippen LogP contribution >= 0.6 is 0 Å². The van der Waals surface area contributed by atoms with E-state index in [1.54, 1.807) is 42.3 Å². The summed E-state index contributed by atoms with van der Waals surface area (Å²) in [7, 11) is 2.92. The molecule has 1 spiro atoms. The summed E-state index contributed by atoms with van der Waals surface area (Å²) in [5.41, 5.74) is -3.56. The van der Waals surface area contributed by atoms with E-state index in [0.29, 0.717) is 18.5 Å². The van der Waals surface area contributed by atoms with Crippen molar-refractivity contribution in [3.8, 4) is 0 Å². The highest BCUT2D eigenvalue weighted by Crippen LogP contribution is 2.75. The molecule has 8 nitrogen and oxygen atoms in total. The monoisotopic (exact) mass is 446 g/mol. The van der Waals surface area contributed by atoms with Crippen molar-refractivity contribution in [2.45, 2.75) is 24.2 Å². The first kappa shape index (κ1) is 20.1. The van der Waals surface area contributed by atoms with E-state index in [2.05, 4.69) is 0 Å². The number of ketones is 1. The number of para-hydroxylation sites is 2. The van der Waals surface area contributed by atoms with Gasteiger partial charge in [-0.1, -0.05) is 36.4 Å². The van der Waals surface area contributed by atoms with Crippen molar-refractivity contribution in [1.82, 2.24) is 0 Å². The zero-order valence-electron chi connectivity index (χ0n) is 18.2. The molecule has 2 aromatic carbocycles. The molecule has 2 bridgehead atoms. The van der Waals surface area contributed by atoms with E-state index in [1.807, 2.05) is 30.3 Å². The van der Waals surface area contributed by atoms with E-state index in [4.69, 9.17) is 9.47 Å². The highest BCUT2D eigenvalue weighted by Gasteiger charge is 2.93. The highest BCUT2D eigenvalue weighted by molar-refractivity contribution is 6.30. The topological polar surface area (TPSA) is 93.2 Å². The number of esters is 1. The van der Waals surface area contributed by atoms with Gasteiger partial charge in [0.15, 0.2) is 11.5 Å². The Labute approximate surface area is 190 Å². The van der Waals surface area contributed by atoms with E-state index in [0.717, 1.165) is 17.7 Å². The Morgan fingerprint density at radius 2 is 1.55 bits per heavy atom. The summed E-state index contributed by atoms with van der Waals surface area (Å²) in [6, 6.07) is 17.8. The average Bonchev–Trinajstić information content (AvgIpc) is 3.47. The van der Waals surface area contributed by atoms with Crippen molar-refractivity contribution >= 4 is 34.9 Å². The first-order valence-corrected chi connectivity index (χ1v) is 10.9. The number of amides is 2. The molecule has 0 radical (unpaired) electrons. The number of nitrogens with zero attached hydrogens (tertiary/aromatic N) is 2. The Kier molecular flexibility index (Phi) is 3.83. The smallest absolute Gasteiger partial charge is 0.346 e. The third kappa shape index (κ3) is 2.06. The maximum atomic E-state index is 13.9. The van der Waals surface area contributed by atoms with E-state index < -0.39 is 52.1 Å². The SMILES string of the molecule is COC(=O)[C@@]12O[C@@](N(C)c3ccccc3)([C@H]3C(=O)N(c4ccccc4)C(=O)[C@H]31)C1(CC1)C2=O. The standard InChI is InChI=1S/C25H22N2O6/c1-26(15-9-5-3-6-10-15)25-18-17(19(28)27(20(18)29)16-11-7-4-8-12-16)24(33-25,22(31)32-2)21(30)23(25)13-14-23/h3-12,17-18H,13-14H2,1-2H3/t17-,18+,24+,25-/m0/s1. The molecular weight excluding hydrogens is 424 g/mol. The number of ether oxygens (including phenoxy) is 2. The van der Waals surface area contributed by atoms with Crippen LogP contribution < -0.4 is 9.80 Å². The molecule has 8 heteroatoms. The first-order valence-electron chi connectivity index (χ1n) is 10.9. The number of carbonyl (C=O) groups is 4.